The molecular formula is C14H17FO2. The Morgan fingerprint density at radius 1 is 1.35 bits per heavy atom. The van der Waals surface area contributed by atoms with E-state index in [1.54, 1.807) is 6.07 Å². The predicted octanol–water partition coefficient (Wildman–Crippen LogP) is 3.60. The van der Waals surface area contributed by atoms with Gasteiger partial charge in [0, 0.05) is 11.0 Å². The number of ether oxygens (including phenoxy) is 1. The molecule has 1 aliphatic carbocycles. The van der Waals surface area contributed by atoms with E-state index in [-0.39, 0.29) is 16.9 Å². The Labute approximate surface area is 101 Å². The van der Waals surface area contributed by atoms with Crippen molar-refractivity contribution in [3.8, 4) is 5.75 Å². The molecule has 3 heteroatoms. The minimum atomic E-state index is -0.472. The van der Waals surface area contributed by atoms with E-state index >= 15 is 0 Å². The molecular weight excluding hydrogens is 219 g/mol. The molecule has 1 aromatic carbocycles. The van der Waals surface area contributed by atoms with Crippen LogP contribution in [0, 0.1) is 11.2 Å². The number of hydrogen-bond donors (Lipinski definition) is 0. The van der Waals surface area contributed by atoms with E-state index in [0.29, 0.717) is 5.56 Å². The van der Waals surface area contributed by atoms with E-state index in [4.69, 9.17) is 4.74 Å². The molecule has 1 saturated carbocycles. The van der Waals surface area contributed by atoms with E-state index < -0.39 is 5.82 Å². The summed E-state index contributed by atoms with van der Waals surface area (Å²) in [5.41, 5.74) is 0.147. The molecule has 0 N–H and O–H groups in total. The lowest BCUT2D eigenvalue weighted by Crippen LogP contribution is -2.24. The third-order valence-electron chi connectivity index (χ3n) is 3.67. The Bertz CT molecular complexity index is 434. The molecule has 0 unspecified atom stereocenters. The summed E-state index contributed by atoms with van der Waals surface area (Å²) in [6.45, 7) is 1.98. The molecule has 92 valence electrons. The summed E-state index contributed by atoms with van der Waals surface area (Å²) in [4.78, 5) is 12.3. The highest BCUT2D eigenvalue weighted by atomic mass is 19.1. The zero-order chi connectivity index (χ0) is 12.5. The van der Waals surface area contributed by atoms with Crippen LogP contribution in [0.4, 0.5) is 4.39 Å². The summed E-state index contributed by atoms with van der Waals surface area (Å²) >= 11 is 0. The van der Waals surface area contributed by atoms with Crippen LogP contribution in [-0.2, 0) is 0 Å². The first-order chi connectivity index (χ1) is 8.07. The molecule has 0 spiro atoms. The largest absolute Gasteiger partial charge is 0.494 e. The lowest BCUT2D eigenvalue weighted by Gasteiger charge is -2.21. The van der Waals surface area contributed by atoms with Crippen LogP contribution in [0.1, 0.15) is 43.0 Å². The Kier molecular flexibility index (Phi) is 3.18. The molecule has 0 bridgehead atoms. The zero-order valence-corrected chi connectivity index (χ0v) is 10.3. The summed E-state index contributed by atoms with van der Waals surface area (Å²) in [6, 6.07) is 4.44. The molecule has 0 saturated heterocycles. The van der Waals surface area contributed by atoms with Crippen molar-refractivity contribution >= 4 is 5.78 Å². The fraction of sp³-hybridized carbons (Fsp3) is 0.500. The highest BCUT2D eigenvalue weighted by molar-refractivity contribution is 6.00. The number of methoxy groups -OCH3 is 1. The second kappa shape index (κ2) is 4.47. The van der Waals surface area contributed by atoms with Gasteiger partial charge in [-0.25, -0.2) is 4.39 Å². The van der Waals surface area contributed by atoms with Crippen molar-refractivity contribution in [2.45, 2.75) is 32.6 Å². The third kappa shape index (κ3) is 2.19. The van der Waals surface area contributed by atoms with Gasteiger partial charge < -0.3 is 4.74 Å². The van der Waals surface area contributed by atoms with Crippen LogP contribution < -0.4 is 4.74 Å². The van der Waals surface area contributed by atoms with Crippen LogP contribution in [0.5, 0.6) is 5.75 Å². The highest BCUT2D eigenvalue weighted by Gasteiger charge is 2.36. The smallest absolute Gasteiger partial charge is 0.168 e. The summed E-state index contributed by atoms with van der Waals surface area (Å²) in [5.74, 6) is -0.241. The maximum absolute atomic E-state index is 13.5. The van der Waals surface area contributed by atoms with Gasteiger partial charge in [-0.15, -0.1) is 0 Å². The first-order valence-corrected chi connectivity index (χ1v) is 5.95. The van der Waals surface area contributed by atoms with Gasteiger partial charge in [0.15, 0.2) is 17.3 Å². The Morgan fingerprint density at radius 3 is 2.53 bits per heavy atom. The van der Waals surface area contributed by atoms with Crippen molar-refractivity contribution in [2.75, 3.05) is 7.11 Å². The number of carbonyl (C=O) groups is 1. The number of Topliss-reactive ketones (excluding diaryl/α,β-unsaturated/α-hetero) is 1. The zero-order valence-electron chi connectivity index (χ0n) is 10.3. The van der Waals surface area contributed by atoms with Crippen molar-refractivity contribution in [2.24, 2.45) is 5.41 Å². The first-order valence-electron chi connectivity index (χ1n) is 5.95. The van der Waals surface area contributed by atoms with Gasteiger partial charge >= 0.3 is 0 Å². The molecule has 2 rings (SSSR count). The Morgan fingerprint density at radius 2 is 2.00 bits per heavy atom. The fourth-order valence-corrected chi connectivity index (χ4v) is 2.54. The number of carbonyl (C=O) groups excluding carboxylic acids is 1. The van der Waals surface area contributed by atoms with Gasteiger partial charge in [-0.3, -0.25) is 4.79 Å². The molecule has 1 aromatic rings. The standard InChI is InChI=1S/C14H17FO2/c1-14(7-3-4-8-14)13(16)10-5-6-12(17-2)11(15)9-10/h5-6,9H,3-4,7-8H2,1-2H3. The monoisotopic (exact) mass is 236 g/mol. The molecule has 2 nitrogen and oxygen atoms in total. The second-order valence-corrected chi connectivity index (χ2v) is 4.95. The summed E-state index contributed by atoms with van der Waals surface area (Å²) < 4.78 is 18.4. The summed E-state index contributed by atoms with van der Waals surface area (Å²) in [5, 5.41) is 0. The molecule has 0 amide bonds. The molecule has 17 heavy (non-hydrogen) atoms. The minimum Gasteiger partial charge on any atom is -0.494 e. The van der Waals surface area contributed by atoms with Crippen LogP contribution >= 0.6 is 0 Å². The maximum Gasteiger partial charge on any atom is 0.168 e. The van der Waals surface area contributed by atoms with Gasteiger partial charge in [-0.1, -0.05) is 19.8 Å². The first kappa shape index (κ1) is 12.1. The molecule has 1 fully saturated rings. The van der Waals surface area contributed by atoms with Crippen molar-refractivity contribution in [3.63, 3.8) is 0 Å². The molecule has 0 atom stereocenters. The maximum atomic E-state index is 13.5. The molecule has 0 aromatic heterocycles. The molecule has 0 heterocycles. The number of halogens is 1. The van der Waals surface area contributed by atoms with Crippen molar-refractivity contribution < 1.29 is 13.9 Å². The topological polar surface area (TPSA) is 26.3 Å². The van der Waals surface area contributed by atoms with Crippen molar-refractivity contribution in [1.82, 2.24) is 0 Å². The number of rotatable bonds is 3. The normalized spacial score (nSPS) is 18.1. The third-order valence-corrected chi connectivity index (χ3v) is 3.67. The number of hydrogen-bond acceptors (Lipinski definition) is 2. The quantitative estimate of drug-likeness (QED) is 0.749. The van der Waals surface area contributed by atoms with Gasteiger partial charge in [-0.05, 0) is 31.0 Å². The summed E-state index contributed by atoms with van der Waals surface area (Å²) in [6.07, 6.45) is 3.97. The Hall–Kier alpha value is -1.38. The lowest BCUT2D eigenvalue weighted by atomic mass is 9.81. The van der Waals surface area contributed by atoms with Gasteiger partial charge in [0.1, 0.15) is 0 Å². The van der Waals surface area contributed by atoms with Crippen LogP contribution in [-0.4, -0.2) is 12.9 Å². The highest BCUT2D eigenvalue weighted by Crippen LogP contribution is 2.40. The van der Waals surface area contributed by atoms with E-state index in [1.165, 1.54) is 19.2 Å². The van der Waals surface area contributed by atoms with E-state index in [1.807, 2.05) is 6.92 Å². The van der Waals surface area contributed by atoms with E-state index in [2.05, 4.69) is 0 Å². The molecule has 0 radical (unpaired) electrons. The van der Waals surface area contributed by atoms with Crippen molar-refractivity contribution in [1.29, 1.82) is 0 Å². The summed E-state index contributed by atoms with van der Waals surface area (Å²) in [7, 11) is 1.41. The average molecular weight is 236 g/mol. The van der Waals surface area contributed by atoms with Crippen LogP contribution in [0.2, 0.25) is 0 Å². The van der Waals surface area contributed by atoms with Gasteiger partial charge in [0.2, 0.25) is 0 Å². The van der Waals surface area contributed by atoms with Crippen molar-refractivity contribution in [3.05, 3.63) is 29.6 Å². The Balaban J connectivity index is 2.28. The number of ketones is 1. The lowest BCUT2D eigenvalue weighted by molar-refractivity contribution is 0.0823. The van der Waals surface area contributed by atoms with Crippen LogP contribution in [0.3, 0.4) is 0 Å². The van der Waals surface area contributed by atoms with Crippen LogP contribution in [0.15, 0.2) is 18.2 Å². The fourth-order valence-electron chi connectivity index (χ4n) is 2.54. The van der Waals surface area contributed by atoms with Crippen LogP contribution in [0.25, 0.3) is 0 Å². The SMILES string of the molecule is COc1ccc(C(=O)C2(C)CCCC2)cc1F. The van der Waals surface area contributed by atoms with E-state index in [0.717, 1.165) is 25.7 Å². The molecule has 1 aliphatic rings. The number of benzene rings is 1. The second-order valence-electron chi connectivity index (χ2n) is 4.95. The van der Waals surface area contributed by atoms with Gasteiger partial charge in [-0.2, -0.15) is 0 Å². The van der Waals surface area contributed by atoms with Gasteiger partial charge in [0.25, 0.3) is 0 Å². The average Bonchev–Trinajstić information content (AvgIpc) is 2.76. The van der Waals surface area contributed by atoms with E-state index in [9.17, 15) is 9.18 Å². The minimum absolute atomic E-state index is 0.0524. The molecule has 0 aliphatic heterocycles. The van der Waals surface area contributed by atoms with Gasteiger partial charge in [0.05, 0.1) is 7.11 Å². The predicted molar refractivity (Wildman–Crippen MR) is 63.9 cm³/mol.